The Balaban J connectivity index is 1.92. The second-order valence-corrected chi connectivity index (χ2v) is 6.44. The van der Waals surface area contributed by atoms with Crippen LogP contribution in [0.15, 0.2) is 40.9 Å². The zero-order valence-corrected chi connectivity index (χ0v) is 15.9. The number of hydrogen-bond acceptors (Lipinski definition) is 6. The summed E-state index contributed by atoms with van der Waals surface area (Å²) in [5.74, 6) is 2.20. The summed E-state index contributed by atoms with van der Waals surface area (Å²) < 4.78 is 11.7. The minimum atomic E-state index is -0.532. The highest BCUT2D eigenvalue weighted by Gasteiger charge is 2.18. The Bertz CT molecular complexity index is 913. The van der Waals surface area contributed by atoms with Gasteiger partial charge in [-0.15, -0.1) is 0 Å². The van der Waals surface area contributed by atoms with Gasteiger partial charge in [-0.3, -0.25) is 5.10 Å². The number of nitrogens with zero attached hydrogens (tertiary/aromatic N) is 2. The number of halogens is 1. The molecule has 0 aliphatic carbocycles. The summed E-state index contributed by atoms with van der Waals surface area (Å²) in [5, 5.41) is 17.0. The van der Waals surface area contributed by atoms with Gasteiger partial charge in [-0.25, -0.2) is 4.98 Å². The van der Waals surface area contributed by atoms with Crippen LogP contribution in [-0.2, 0) is 0 Å². The number of hydrogen-bond donors (Lipinski definition) is 3. The average Bonchev–Trinajstić information content (AvgIpc) is 3.13. The van der Waals surface area contributed by atoms with Crippen molar-refractivity contribution in [2.45, 2.75) is 13.0 Å². The molecule has 0 saturated carbocycles. The van der Waals surface area contributed by atoms with E-state index in [1.165, 1.54) is 0 Å². The molecule has 0 fully saturated rings. The monoisotopic (exact) mass is 418 g/mol. The van der Waals surface area contributed by atoms with E-state index in [1.807, 2.05) is 19.1 Å². The molecule has 3 aromatic rings. The summed E-state index contributed by atoms with van der Waals surface area (Å²) in [7, 11) is 1.59. The van der Waals surface area contributed by atoms with E-state index in [-0.39, 0.29) is 5.75 Å². The third kappa shape index (κ3) is 3.66. The first-order valence-corrected chi connectivity index (χ1v) is 8.80. The lowest BCUT2D eigenvalue weighted by Crippen LogP contribution is -2.14. The molecule has 1 atom stereocenters. The predicted molar refractivity (Wildman–Crippen MR) is 101 cm³/mol. The Kier molecular flexibility index (Phi) is 5.43. The molecule has 4 N–H and O–H groups in total. The van der Waals surface area contributed by atoms with Gasteiger partial charge in [-0.2, -0.15) is 5.10 Å². The third-order valence-corrected chi connectivity index (χ3v) is 4.34. The SMILES string of the molecule is CCOc1cc(C(N)c2nc(-c3cc(Br)ccc3O)n[nH]2)ccc1OC. The summed E-state index contributed by atoms with van der Waals surface area (Å²) in [5.41, 5.74) is 7.64. The van der Waals surface area contributed by atoms with Crippen molar-refractivity contribution in [3.8, 4) is 28.6 Å². The van der Waals surface area contributed by atoms with Gasteiger partial charge >= 0.3 is 0 Å². The fourth-order valence-corrected chi connectivity index (χ4v) is 2.90. The standard InChI is InChI=1S/C18H19BrN4O3/c1-3-26-15-8-10(4-7-14(15)25-2)16(20)18-21-17(22-23-18)12-9-11(19)5-6-13(12)24/h4-9,16,24H,3,20H2,1-2H3,(H,21,22,23). The molecule has 0 aliphatic heterocycles. The first-order chi connectivity index (χ1) is 12.5. The van der Waals surface area contributed by atoms with Crippen LogP contribution in [0.25, 0.3) is 11.4 Å². The number of aromatic amines is 1. The summed E-state index contributed by atoms with van der Waals surface area (Å²) in [6.07, 6.45) is 0. The number of H-pyrrole nitrogens is 1. The molecule has 0 spiro atoms. The number of ether oxygens (including phenoxy) is 2. The van der Waals surface area contributed by atoms with Gasteiger partial charge in [0.2, 0.25) is 0 Å². The zero-order valence-electron chi connectivity index (χ0n) is 14.4. The minimum Gasteiger partial charge on any atom is -0.507 e. The molecule has 1 aromatic heterocycles. The minimum absolute atomic E-state index is 0.0930. The Morgan fingerprint density at radius 1 is 1.23 bits per heavy atom. The van der Waals surface area contributed by atoms with Gasteiger partial charge in [0.1, 0.15) is 11.6 Å². The van der Waals surface area contributed by atoms with E-state index in [4.69, 9.17) is 15.2 Å². The fourth-order valence-electron chi connectivity index (χ4n) is 2.53. The van der Waals surface area contributed by atoms with E-state index in [0.29, 0.717) is 35.3 Å². The van der Waals surface area contributed by atoms with E-state index >= 15 is 0 Å². The molecule has 26 heavy (non-hydrogen) atoms. The molecule has 3 rings (SSSR count). The molecule has 0 radical (unpaired) electrons. The highest BCUT2D eigenvalue weighted by molar-refractivity contribution is 9.10. The van der Waals surface area contributed by atoms with Crippen molar-refractivity contribution in [1.29, 1.82) is 0 Å². The Labute approximate surface area is 159 Å². The Morgan fingerprint density at radius 3 is 2.77 bits per heavy atom. The molecule has 0 bridgehead atoms. The zero-order chi connectivity index (χ0) is 18.7. The highest BCUT2D eigenvalue weighted by Crippen LogP contribution is 2.33. The van der Waals surface area contributed by atoms with E-state index in [9.17, 15) is 5.11 Å². The normalized spacial score (nSPS) is 12.0. The lowest BCUT2D eigenvalue weighted by Gasteiger charge is -2.14. The number of methoxy groups -OCH3 is 1. The van der Waals surface area contributed by atoms with Gasteiger partial charge in [-0.05, 0) is 42.8 Å². The van der Waals surface area contributed by atoms with Crippen LogP contribution in [0.3, 0.4) is 0 Å². The first-order valence-electron chi connectivity index (χ1n) is 8.01. The van der Waals surface area contributed by atoms with E-state index in [1.54, 1.807) is 31.4 Å². The number of aromatic hydroxyl groups is 1. The van der Waals surface area contributed by atoms with Gasteiger partial charge in [0.05, 0.1) is 25.3 Å². The molecule has 1 unspecified atom stereocenters. The first kappa shape index (κ1) is 18.2. The van der Waals surface area contributed by atoms with Crippen molar-refractivity contribution in [3.63, 3.8) is 0 Å². The fraction of sp³-hybridized carbons (Fsp3) is 0.222. The summed E-state index contributed by atoms with van der Waals surface area (Å²) >= 11 is 3.37. The topological polar surface area (TPSA) is 106 Å². The van der Waals surface area contributed by atoms with Crippen molar-refractivity contribution < 1.29 is 14.6 Å². The van der Waals surface area contributed by atoms with Crippen molar-refractivity contribution in [1.82, 2.24) is 15.2 Å². The van der Waals surface area contributed by atoms with Crippen LogP contribution in [0.1, 0.15) is 24.4 Å². The van der Waals surface area contributed by atoms with Gasteiger partial charge in [-0.1, -0.05) is 22.0 Å². The molecule has 0 aliphatic rings. The number of aromatic nitrogens is 3. The Hall–Kier alpha value is -2.58. The molecular formula is C18H19BrN4O3. The lowest BCUT2D eigenvalue weighted by atomic mass is 10.1. The maximum Gasteiger partial charge on any atom is 0.184 e. The molecule has 136 valence electrons. The Morgan fingerprint density at radius 2 is 2.04 bits per heavy atom. The second-order valence-electron chi connectivity index (χ2n) is 5.53. The molecule has 7 nitrogen and oxygen atoms in total. The van der Waals surface area contributed by atoms with Crippen molar-refractivity contribution >= 4 is 15.9 Å². The number of rotatable bonds is 6. The molecule has 0 amide bonds. The van der Waals surface area contributed by atoms with Crippen LogP contribution in [0, 0.1) is 0 Å². The van der Waals surface area contributed by atoms with Gasteiger partial charge in [0.15, 0.2) is 17.3 Å². The predicted octanol–water partition coefficient (Wildman–Crippen LogP) is 3.40. The lowest BCUT2D eigenvalue weighted by molar-refractivity contribution is 0.310. The highest BCUT2D eigenvalue weighted by atomic mass is 79.9. The molecule has 2 aromatic carbocycles. The van der Waals surface area contributed by atoms with Crippen LogP contribution >= 0.6 is 15.9 Å². The summed E-state index contributed by atoms with van der Waals surface area (Å²) in [4.78, 5) is 4.43. The smallest absolute Gasteiger partial charge is 0.184 e. The van der Waals surface area contributed by atoms with Crippen LogP contribution in [0.2, 0.25) is 0 Å². The number of nitrogens with two attached hydrogens (primary N) is 1. The van der Waals surface area contributed by atoms with E-state index in [2.05, 4.69) is 31.1 Å². The second kappa shape index (κ2) is 7.76. The average molecular weight is 419 g/mol. The van der Waals surface area contributed by atoms with Crippen LogP contribution in [-0.4, -0.2) is 34.0 Å². The van der Waals surface area contributed by atoms with Crippen molar-refractivity contribution in [3.05, 3.63) is 52.3 Å². The maximum absolute atomic E-state index is 10.0. The van der Waals surface area contributed by atoms with Crippen molar-refractivity contribution in [2.24, 2.45) is 5.73 Å². The summed E-state index contributed by atoms with van der Waals surface area (Å²) in [6.45, 7) is 2.42. The maximum atomic E-state index is 10.0. The molecular weight excluding hydrogens is 400 g/mol. The van der Waals surface area contributed by atoms with Gasteiger partial charge < -0.3 is 20.3 Å². The number of nitrogens with one attached hydrogen (secondary N) is 1. The van der Waals surface area contributed by atoms with Crippen LogP contribution in [0.5, 0.6) is 17.2 Å². The number of benzene rings is 2. The molecule has 1 heterocycles. The van der Waals surface area contributed by atoms with Gasteiger partial charge in [0.25, 0.3) is 0 Å². The van der Waals surface area contributed by atoms with Gasteiger partial charge in [0, 0.05) is 4.47 Å². The molecule has 0 saturated heterocycles. The molecule has 8 heteroatoms. The number of phenolic OH excluding ortho intramolecular Hbond substituents is 1. The van der Waals surface area contributed by atoms with E-state index in [0.717, 1.165) is 10.0 Å². The number of phenols is 1. The largest absolute Gasteiger partial charge is 0.507 e. The van der Waals surface area contributed by atoms with Crippen LogP contribution in [0.4, 0.5) is 0 Å². The van der Waals surface area contributed by atoms with Crippen LogP contribution < -0.4 is 15.2 Å². The van der Waals surface area contributed by atoms with Crippen molar-refractivity contribution in [2.75, 3.05) is 13.7 Å². The quantitative estimate of drug-likeness (QED) is 0.566. The van der Waals surface area contributed by atoms with E-state index < -0.39 is 6.04 Å². The summed E-state index contributed by atoms with van der Waals surface area (Å²) in [6, 6.07) is 10.0. The third-order valence-electron chi connectivity index (χ3n) is 3.84.